The number of aromatic nitrogens is 4. The van der Waals surface area contributed by atoms with Gasteiger partial charge in [0.2, 0.25) is 0 Å². The maximum Gasteiger partial charge on any atom is 0.167 e. The number of aryl methyl sites for hydroxylation is 1. The quantitative estimate of drug-likeness (QED) is 0.464. The van der Waals surface area contributed by atoms with Gasteiger partial charge < -0.3 is 15.5 Å². The van der Waals surface area contributed by atoms with Crippen LogP contribution in [0.15, 0.2) is 42.7 Å². The van der Waals surface area contributed by atoms with Gasteiger partial charge in [0.05, 0.1) is 10.2 Å². The molecule has 1 aliphatic heterocycles. The average molecular weight is 450 g/mol. The van der Waals surface area contributed by atoms with Gasteiger partial charge in [0.15, 0.2) is 11.6 Å². The van der Waals surface area contributed by atoms with Gasteiger partial charge in [-0.25, -0.2) is 19.3 Å². The molecule has 5 rings (SSSR count). The van der Waals surface area contributed by atoms with Crippen molar-refractivity contribution >= 4 is 39.0 Å². The largest absolute Gasteiger partial charge is 0.353 e. The molecule has 4 aromatic rings. The molecular weight excluding hydrogens is 425 g/mol. The molecule has 0 spiro atoms. The van der Waals surface area contributed by atoms with E-state index in [-0.39, 0.29) is 11.9 Å². The molecule has 0 amide bonds. The Bertz CT molecular complexity index is 1270. The van der Waals surface area contributed by atoms with Gasteiger partial charge in [0.25, 0.3) is 0 Å². The average Bonchev–Trinajstić information content (AvgIpc) is 3.41. The fourth-order valence-corrected chi connectivity index (χ4v) is 4.95. The minimum atomic E-state index is -0.337. The van der Waals surface area contributed by atoms with Crippen LogP contribution in [0, 0.1) is 12.7 Å². The van der Waals surface area contributed by atoms with E-state index in [4.69, 9.17) is 4.98 Å². The summed E-state index contributed by atoms with van der Waals surface area (Å²) in [4.78, 5) is 20.1. The number of hydrogen-bond donors (Lipinski definition) is 2. The zero-order valence-corrected chi connectivity index (χ0v) is 18.9. The monoisotopic (exact) mass is 449 g/mol. The zero-order chi connectivity index (χ0) is 22.2. The maximum atomic E-state index is 14.5. The summed E-state index contributed by atoms with van der Waals surface area (Å²) >= 11 is 1.56. The molecule has 1 aliphatic rings. The molecular formula is C23H24FN7S. The van der Waals surface area contributed by atoms with E-state index >= 15 is 0 Å². The summed E-state index contributed by atoms with van der Waals surface area (Å²) in [5, 5.41) is 7.46. The number of halogens is 1. The first-order valence-corrected chi connectivity index (χ1v) is 11.4. The van der Waals surface area contributed by atoms with Crippen molar-refractivity contribution in [3.05, 3.63) is 54.1 Å². The number of nitrogens with zero attached hydrogens (tertiary/aromatic N) is 5. The predicted molar refractivity (Wildman–Crippen MR) is 127 cm³/mol. The molecule has 4 aromatic heterocycles. The molecule has 0 radical (unpaired) electrons. The van der Waals surface area contributed by atoms with Gasteiger partial charge in [-0.3, -0.25) is 4.98 Å². The Morgan fingerprint density at radius 3 is 2.84 bits per heavy atom. The fraction of sp³-hybridized carbons (Fsp3) is 0.304. The van der Waals surface area contributed by atoms with Crippen molar-refractivity contribution in [2.45, 2.75) is 32.4 Å². The normalized spacial score (nSPS) is 18.2. The van der Waals surface area contributed by atoms with Crippen LogP contribution in [0.25, 0.3) is 20.9 Å². The van der Waals surface area contributed by atoms with Crippen molar-refractivity contribution in [3.63, 3.8) is 0 Å². The number of fused-ring (bicyclic) bond motifs is 1. The van der Waals surface area contributed by atoms with Gasteiger partial charge in [-0.15, -0.1) is 11.3 Å². The highest BCUT2D eigenvalue weighted by molar-refractivity contribution is 7.21. The first-order chi connectivity index (χ1) is 15.5. The smallest absolute Gasteiger partial charge is 0.167 e. The van der Waals surface area contributed by atoms with Crippen LogP contribution in [0.2, 0.25) is 0 Å². The Hall–Kier alpha value is -3.17. The standard InChI is InChI=1S/C23H24FN7S/c1-13-5-4-8-25-21(13)23-28-17-10-20(27-12-18(17)32-23)29-19-7-6-16(24)22(30-19)31(3)15-9-14(2)26-11-15/h4-8,10,12,14-15,26H,9,11H2,1-3H3,(H,27,29,30). The summed E-state index contributed by atoms with van der Waals surface area (Å²) in [6.45, 7) is 4.98. The lowest BCUT2D eigenvalue weighted by Gasteiger charge is -2.25. The van der Waals surface area contributed by atoms with Gasteiger partial charge in [-0.2, -0.15) is 0 Å². The number of nitrogens with one attached hydrogen (secondary N) is 2. The molecule has 5 heterocycles. The number of thiazole rings is 1. The molecule has 2 unspecified atom stereocenters. The van der Waals surface area contributed by atoms with Crippen LogP contribution in [-0.2, 0) is 0 Å². The van der Waals surface area contributed by atoms with Crippen molar-refractivity contribution in [2.75, 3.05) is 23.8 Å². The Morgan fingerprint density at radius 1 is 1.19 bits per heavy atom. The minimum Gasteiger partial charge on any atom is -0.353 e. The van der Waals surface area contributed by atoms with Crippen LogP contribution < -0.4 is 15.5 Å². The molecule has 1 fully saturated rings. The van der Waals surface area contributed by atoms with E-state index in [0.29, 0.717) is 23.5 Å². The molecule has 0 saturated carbocycles. The van der Waals surface area contributed by atoms with Crippen molar-refractivity contribution < 1.29 is 4.39 Å². The lowest BCUT2D eigenvalue weighted by atomic mass is 10.1. The molecule has 1 saturated heterocycles. The molecule has 9 heteroatoms. The van der Waals surface area contributed by atoms with E-state index in [1.807, 2.05) is 37.1 Å². The molecule has 32 heavy (non-hydrogen) atoms. The van der Waals surface area contributed by atoms with Crippen LogP contribution >= 0.6 is 11.3 Å². The van der Waals surface area contributed by atoms with Gasteiger partial charge in [-0.1, -0.05) is 6.07 Å². The Kier molecular flexibility index (Phi) is 5.44. The van der Waals surface area contributed by atoms with Crippen molar-refractivity contribution in [3.8, 4) is 10.7 Å². The van der Waals surface area contributed by atoms with Gasteiger partial charge >= 0.3 is 0 Å². The number of anilines is 3. The number of pyridine rings is 3. The minimum absolute atomic E-state index is 0.209. The molecule has 0 aliphatic carbocycles. The van der Waals surface area contributed by atoms with Crippen LogP contribution in [0.1, 0.15) is 18.9 Å². The third-order valence-corrected chi connectivity index (χ3v) is 6.79. The van der Waals surface area contributed by atoms with E-state index in [1.165, 1.54) is 6.07 Å². The van der Waals surface area contributed by atoms with Gasteiger partial charge in [0.1, 0.15) is 22.3 Å². The Labute approximate surface area is 189 Å². The predicted octanol–water partition coefficient (Wildman–Crippen LogP) is 4.53. The summed E-state index contributed by atoms with van der Waals surface area (Å²) in [5.74, 6) is 1.14. The summed E-state index contributed by atoms with van der Waals surface area (Å²) in [6, 6.07) is 9.51. The lowest BCUT2D eigenvalue weighted by Crippen LogP contribution is -2.34. The van der Waals surface area contributed by atoms with E-state index in [2.05, 4.69) is 32.5 Å². The van der Waals surface area contributed by atoms with Crippen molar-refractivity contribution in [1.29, 1.82) is 0 Å². The number of likely N-dealkylation sites (N-methyl/N-ethyl adjacent to an activating group) is 1. The molecule has 164 valence electrons. The third kappa shape index (κ3) is 4.01. The Morgan fingerprint density at radius 2 is 2.06 bits per heavy atom. The Balaban J connectivity index is 1.40. The number of hydrogen-bond acceptors (Lipinski definition) is 8. The fourth-order valence-electron chi connectivity index (χ4n) is 3.97. The summed E-state index contributed by atoms with van der Waals surface area (Å²) in [6.07, 6.45) is 4.52. The molecule has 0 bridgehead atoms. The lowest BCUT2D eigenvalue weighted by molar-refractivity contribution is 0.591. The second-order valence-corrected chi connectivity index (χ2v) is 9.19. The highest BCUT2D eigenvalue weighted by atomic mass is 32.1. The number of rotatable bonds is 5. The van der Waals surface area contributed by atoms with Gasteiger partial charge in [-0.05, 0) is 44.0 Å². The van der Waals surface area contributed by atoms with E-state index in [9.17, 15) is 4.39 Å². The maximum absolute atomic E-state index is 14.5. The van der Waals surface area contributed by atoms with Crippen LogP contribution in [0.3, 0.4) is 0 Å². The second-order valence-electron chi connectivity index (χ2n) is 8.16. The van der Waals surface area contributed by atoms with Crippen LogP contribution in [0.5, 0.6) is 0 Å². The molecule has 0 aromatic carbocycles. The van der Waals surface area contributed by atoms with Crippen LogP contribution in [0.4, 0.5) is 21.8 Å². The van der Waals surface area contributed by atoms with Crippen molar-refractivity contribution in [1.82, 2.24) is 25.3 Å². The van der Waals surface area contributed by atoms with E-state index < -0.39 is 0 Å². The van der Waals surface area contributed by atoms with Crippen molar-refractivity contribution in [2.24, 2.45) is 0 Å². The first kappa shape index (κ1) is 20.7. The summed E-state index contributed by atoms with van der Waals surface area (Å²) in [7, 11) is 1.89. The van der Waals surface area contributed by atoms with E-state index in [0.717, 1.165) is 39.4 Å². The summed E-state index contributed by atoms with van der Waals surface area (Å²) in [5.41, 5.74) is 2.79. The SMILES string of the molecule is Cc1cccnc1-c1nc2cc(Nc3ccc(F)c(N(C)C4CNC(C)C4)n3)ncc2s1. The third-order valence-electron chi connectivity index (χ3n) is 5.78. The highest BCUT2D eigenvalue weighted by Crippen LogP contribution is 2.32. The molecule has 2 N–H and O–H groups in total. The highest BCUT2D eigenvalue weighted by Gasteiger charge is 2.26. The summed E-state index contributed by atoms with van der Waals surface area (Å²) < 4.78 is 15.5. The molecule has 7 nitrogen and oxygen atoms in total. The van der Waals surface area contributed by atoms with E-state index in [1.54, 1.807) is 29.8 Å². The first-order valence-electron chi connectivity index (χ1n) is 10.6. The van der Waals surface area contributed by atoms with Crippen LogP contribution in [-0.4, -0.2) is 45.6 Å². The second kappa shape index (κ2) is 8.40. The van der Waals surface area contributed by atoms with Gasteiger partial charge in [0, 0.05) is 44.1 Å². The topological polar surface area (TPSA) is 78.9 Å². The molecule has 2 atom stereocenters. The zero-order valence-electron chi connectivity index (χ0n) is 18.1.